The Kier molecular flexibility index (Phi) is 5.52. The van der Waals surface area contributed by atoms with Gasteiger partial charge in [0.05, 0.1) is 24.3 Å². The van der Waals surface area contributed by atoms with Crippen LogP contribution in [-0.2, 0) is 6.54 Å². The van der Waals surface area contributed by atoms with Crippen LogP contribution >= 0.6 is 0 Å². The number of amides is 2. The molecule has 5 aromatic rings. The van der Waals surface area contributed by atoms with E-state index in [0.29, 0.717) is 45.4 Å². The predicted molar refractivity (Wildman–Crippen MR) is 139 cm³/mol. The summed E-state index contributed by atoms with van der Waals surface area (Å²) in [5.74, 6) is -0.669. The van der Waals surface area contributed by atoms with Crippen LogP contribution in [0, 0.1) is 19.7 Å². The molecule has 1 aliphatic heterocycles. The van der Waals surface area contributed by atoms with Crippen molar-refractivity contribution in [2.75, 3.05) is 13.1 Å². The molecule has 192 valence electrons. The van der Waals surface area contributed by atoms with Gasteiger partial charge < -0.3 is 19.7 Å². The van der Waals surface area contributed by atoms with E-state index in [1.165, 1.54) is 17.0 Å². The van der Waals surface area contributed by atoms with Gasteiger partial charge in [0.1, 0.15) is 17.7 Å². The lowest BCUT2D eigenvalue weighted by molar-refractivity contribution is 0.0400. The van der Waals surface area contributed by atoms with Crippen LogP contribution in [0.4, 0.5) is 8.78 Å². The van der Waals surface area contributed by atoms with E-state index in [4.69, 9.17) is 10.3 Å². The lowest BCUT2D eigenvalue weighted by atomic mass is 9.97. The molecule has 2 aromatic heterocycles. The molecule has 1 fully saturated rings. The van der Waals surface area contributed by atoms with Crippen LogP contribution in [0.2, 0.25) is 0 Å². The third-order valence-corrected chi connectivity index (χ3v) is 7.15. The summed E-state index contributed by atoms with van der Waals surface area (Å²) in [6.45, 7) is 4.04. The zero-order chi connectivity index (χ0) is 26.7. The van der Waals surface area contributed by atoms with Crippen molar-refractivity contribution >= 4 is 33.6 Å². The number of primary amides is 1. The van der Waals surface area contributed by atoms with Crippen LogP contribution < -0.4 is 5.73 Å². The molecule has 0 atom stereocenters. The standard InChI is InChI=1S/C29H24F2N4O3/c1-15-26(16(2)38-33-15)19-10-23(28(32)36)27-22-9-18(29(37)34-13-21(31)14-34)6-7-24(22)35(25(27)11-19)12-17-4-3-5-20(30)8-17/h3-11,21H,12-14H2,1-2H3,(H2,32,36). The lowest BCUT2D eigenvalue weighted by Gasteiger charge is -2.34. The fourth-order valence-electron chi connectivity index (χ4n) is 5.35. The summed E-state index contributed by atoms with van der Waals surface area (Å²) in [6.07, 6.45) is -1.01. The van der Waals surface area contributed by atoms with Gasteiger partial charge in [0.15, 0.2) is 0 Å². The van der Waals surface area contributed by atoms with Crippen LogP contribution in [0.25, 0.3) is 32.9 Å². The molecule has 9 heteroatoms. The molecule has 6 rings (SSSR count). The van der Waals surface area contributed by atoms with Crippen molar-refractivity contribution in [3.63, 3.8) is 0 Å². The first kappa shape index (κ1) is 23.8. The first-order valence-corrected chi connectivity index (χ1v) is 12.2. The summed E-state index contributed by atoms with van der Waals surface area (Å²) in [4.78, 5) is 27.2. The van der Waals surface area contributed by atoms with Crippen molar-refractivity contribution in [2.24, 2.45) is 5.73 Å². The number of alkyl halides is 1. The highest BCUT2D eigenvalue weighted by molar-refractivity contribution is 6.20. The average Bonchev–Trinajstić information content (AvgIpc) is 3.36. The van der Waals surface area contributed by atoms with Crippen molar-refractivity contribution < 1.29 is 22.9 Å². The van der Waals surface area contributed by atoms with E-state index in [9.17, 15) is 18.4 Å². The van der Waals surface area contributed by atoms with Crippen molar-refractivity contribution in [1.82, 2.24) is 14.6 Å². The molecule has 2 N–H and O–H groups in total. The number of carbonyl (C=O) groups is 2. The summed E-state index contributed by atoms with van der Waals surface area (Å²) in [5.41, 5.74) is 10.8. The van der Waals surface area contributed by atoms with Gasteiger partial charge in [-0.2, -0.15) is 0 Å². The maximum absolute atomic E-state index is 14.1. The topological polar surface area (TPSA) is 94.4 Å². The quantitative estimate of drug-likeness (QED) is 0.351. The Morgan fingerprint density at radius 1 is 1.08 bits per heavy atom. The lowest BCUT2D eigenvalue weighted by Crippen LogP contribution is -2.51. The fourth-order valence-corrected chi connectivity index (χ4v) is 5.35. The highest BCUT2D eigenvalue weighted by atomic mass is 19.1. The van der Waals surface area contributed by atoms with Crippen LogP contribution in [-0.4, -0.2) is 45.7 Å². The van der Waals surface area contributed by atoms with Crippen molar-refractivity contribution in [2.45, 2.75) is 26.6 Å². The number of aryl methyl sites for hydroxylation is 2. The second kappa shape index (κ2) is 8.79. The molecule has 38 heavy (non-hydrogen) atoms. The maximum Gasteiger partial charge on any atom is 0.254 e. The number of halogens is 2. The van der Waals surface area contributed by atoms with Crippen molar-refractivity contribution in [3.05, 3.63) is 88.6 Å². The van der Waals surface area contributed by atoms with Crippen LogP contribution in [0.5, 0.6) is 0 Å². The fraction of sp³-hybridized carbons (Fsp3) is 0.207. The smallest absolute Gasteiger partial charge is 0.254 e. The molecular formula is C29H24F2N4O3. The number of hydrogen-bond acceptors (Lipinski definition) is 4. The minimum Gasteiger partial charge on any atom is -0.366 e. The summed E-state index contributed by atoms with van der Waals surface area (Å²) >= 11 is 0. The summed E-state index contributed by atoms with van der Waals surface area (Å²) < 4.78 is 34.8. The van der Waals surface area contributed by atoms with Crippen LogP contribution in [0.3, 0.4) is 0 Å². The Balaban J connectivity index is 1.64. The molecule has 3 heterocycles. The Labute approximate surface area is 216 Å². The van der Waals surface area contributed by atoms with Gasteiger partial charge in [0.2, 0.25) is 5.91 Å². The van der Waals surface area contributed by atoms with Gasteiger partial charge in [0.25, 0.3) is 5.91 Å². The van der Waals surface area contributed by atoms with E-state index in [1.807, 2.05) is 23.6 Å². The zero-order valence-electron chi connectivity index (χ0n) is 20.8. The second-order valence-electron chi connectivity index (χ2n) is 9.74. The Bertz CT molecular complexity index is 1750. The first-order valence-electron chi connectivity index (χ1n) is 12.2. The molecule has 0 spiro atoms. The van der Waals surface area contributed by atoms with Gasteiger partial charge >= 0.3 is 0 Å². The largest absolute Gasteiger partial charge is 0.366 e. The number of benzene rings is 3. The molecule has 3 aromatic carbocycles. The third kappa shape index (κ3) is 3.82. The highest BCUT2D eigenvalue weighted by Crippen LogP contribution is 2.38. The Hall–Kier alpha value is -4.53. The average molecular weight is 515 g/mol. The number of hydrogen-bond donors (Lipinski definition) is 1. The number of aromatic nitrogens is 2. The van der Waals surface area contributed by atoms with E-state index >= 15 is 0 Å². The first-order chi connectivity index (χ1) is 18.2. The van der Waals surface area contributed by atoms with E-state index < -0.39 is 12.1 Å². The molecule has 0 unspecified atom stereocenters. The number of rotatable bonds is 5. The summed E-state index contributed by atoms with van der Waals surface area (Å²) in [5, 5.41) is 5.28. The van der Waals surface area contributed by atoms with Gasteiger partial charge in [0, 0.05) is 39.5 Å². The number of nitrogens with zero attached hydrogens (tertiary/aromatic N) is 3. The number of nitrogens with two attached hydrogens (primary N) is 1. The minimum absolute atomic E-state index is 0.0610. The third-order valence-electron chi connectivity index (χ3n) is 7.15. The molecule has 1 saturated heterocycles. The maximum atomic E-state index is 14.1. The molecule has 1 aliphatic rings. The Morgan fingerprint density at radius 2 is 1.87 bits per heavy atom. The Morgan fingerprint density at radius 3 is 2.53 bits per heavy atom. The molecule has 0 saturated carbocycles. The van der Waals surface area contributed by atoms with Crippen LogP contribution in [0.1, 0.15) is 37.7 Å². The SMILES string of the molecule is Cc1noc(C)c1-c1cc(C(N)=O)c2c3cc(C(=O)N4CC(F)C4)ccc3n(Cc3cccc(F)c3)c2c1. The molecule has 0 bridgehead atoms. The van der Waals surface area contributed by atoms with E-state index in [2.05, 4.69) is 5.16 Å². The van der Waals surface area contributed by atoms with Gasteiger partial charge in [-0.1, -0.05) is 17.3 Å². The van der Waals surface area contributed by atoms with Gasteiger partial charge in [-0.05, 0) is 67.4 Å². The van der Waals surface area contributed by atoms with Gasteiger partial charge in [-0.15, -0.1) is 0 Å². The van der Waals surface area contributed by atoms with Gasteiger partial charge in [-0.3, -0.25) is 9.59 Å². The number of fused-ring (bicyclic) bond motifs is 3. The molecular weight excluding hydrogens is 490 g/mol. The molecule has 2 amide bonds. The van der Waals surface area contributed by atoms with E-state index in [-0.39, 0.29) is 30.4 Å². The van der Waals surface area contributed by atoms with Crippen molar-refractivity contribution in [1.29, 1.82) is 0 Å². The van der Waals surface area contributed by atoms with Crippen LogP contribution in [0.15, 0.2) is 59.1 Å². The monoisotopic (exact) mass is 514 g/mol. The molecule has 0 radical (unpaired) electrons. The summed E-state index contributed by atoms with van der Waals surface area (Å²) in [6, 6.07) is 15.2. The molecule has 0 aliphatic carbocycles. The van der Waals surface area contributed by atoms with E-state index in [1.54, 1.807) is 37.3 Å². The van der Waals surface area contributed by atoms with Gasteiger partial charge in [-0.25, -0.2) is 8.78 Å². The number of carbonyl (C=O) groups excluding carboxylic acids is 2. The number of likely N-dealkylation sites (tertiary alicyclic amines) is 1. The summed E-state index contributed by atoms with van der Waals surface area (Å²) in [7, 11) is 0. The normalized spacial score (nSPS) is 13.8. The zero-order valence-corrected chi connectivity index (χ0v) is 20.8. The second-order valence-corrected chi connectivity index (χ2v) is 9.74. The minimum atomic E-state index is -1.01. The van der Waals surface area contributed by atoms with E-state index in [0.717, 1.165) is 16.6 Å². The molecule has 7 nitrogen and oxygen atoms in total. The highest BCUT2D eigenvalue weighted by Gasteiger charge is 2.31. The predicted octanol–water partition coefficient (Wildman–Crippen LogP) is 5.15. The van der Waals surface area contributed by atoms with Crippen molar-refractivity contribution in [3.8, 4) is 11.1 Å².